The van der Waals surface area contributed by atoms with Crippen LogP contribution >= 0.6 is 11.3 Å². The Hall–Kier alpha value is -7.08. The van der Waals surface area contributed by atoms with E-state index in [9.17, 15) is 0 Å². The maximum atomic E-state index is 6.69. The van der Waals surface area contributed by atoms with Gasteiger partial charge in [0.2, 0.25) is 0 Å². The Morgan fingerprint density at radius 1 is 0.418 bits per heavy atom. The molecule has 4 aromatic heterocycles. The monoisotopic (exact) mass is 717 g/mol. The summed E-state index contributed by atoms with van der Waals surface area (Å²) >= 11 is 1.83. The molecule has 254 valence electrons. The average Bonchev–Trinajstić information content (AvgIpc) is 3.74. The molecule has 0 radical (unpaired) electrons. The van der Waals surface area contributed by atoms with Gasteiger partial charge in [-0.25, -0.2) is 9.97 Å². The Morgan fingerprint density at radius 2 is 1.05 bits per heavy atom. The molecule has 0 atom stereocenters. The lowest BCUT2D eigenvalue weighted by Crippen LogP contribution is -1.99. The molecule has 13 aromatic rings. The Balaban J connectivity index is 1.11. The van der Waals surface area contributed by atoms with Gasteiger partial charge in [-0.05, 0) is 70.8 Å². The van der Waals surface area contributed by atoms with Crippen molar-refractivity contribution in [1.29, 1.82) is 0 Å². The van der Waals surface area contributed by atoms with Gasteiger partial charge >= 0.3 is 0 Å². The first-order chi connectivity index (χ1) is 27.3. The summed E-state index contributed by atoms with van der Waals surface area (Å²) < 4.78 is 11.7. The van der Waals surface area contributed by atoms with Gasteiger partial charge in [-0.1, -0.05) is 109 Å². The number of thiophene rings is 1. The van der Waals surface area contributed by atoms with Gasteiger partial charge in [-0.3, -0.25) is 0 Å². The average molecular weight is 718 g/mol. The molecule has 0 aliphatic carbocycles. The Labute approximate surface area is 317 Å². The molecular formula is C50H27N3OS. The van der Waals surface area contributed by atoms with Crippen molar-refractivity contribution in [2.24, 2.45) is 0 Å². The number of benzene rings is 9. The molecule has 55 heavy (non-hydrogen) atoms. The summed E-state index contributed by atoms with van der Waals surface area (Å²) in [6.07, 6.45) is 0. The molecule has 0 amide bonds. The number of fused-ring (bicyclic) bond motifs is 5. The van der Waals surface area contributed by atoms with Gasteiger partial charge in [0.1, 0.15) is 11.2 Å². The first-order valence-electron chi connectivity index (χ1n) is 18.6. The second kappa shape index (κ2) is 10.8. The predicted molar refractivity (Wildman–Crippen MR) is 231 cm³/mol. The van der Waals surface area contributed by atoms with E-state index < -0.39 is 0 Å². The molecule has 9 aromatic carbocycles. The third-order valence-corrected chi connectivity index (χ3v) is 12.7. The molecule has 5 heteroatoms. The van der Waals surface area contributed by atoms with Crippen LogP contribution in [0.1, 0.15) is 0 Å². The number of para-hydroxylation sites is 1. The summed E-state index contributed by atoms with van der Waals surface area (Å²) in [5.41, 5.74) is 9.22. The van der Waals surface area contributed by atoms with E-state index in [1.165, 1.54) is 41.7 Å². The molecule has 4 heterocycles. The van der Waals surface area contributed by atoms with Gasteiger partial charge in [-0.15, -0.1) is 11.3 Å². The molecule has 13 rings (SSSR count). The fraction of sp³-hybridized carbons (Fsp3) is 0. The normalized spacial score (nSPS) is 12.4. The van der Waals surface area contributed by atoms with E-state index in [1.807, 2.05) is 11.3 Å². The van der Waals surface area contributed by atoms with Crippen LogP contribution in [0.25, 0.3) is 125 Å². The Morgan fingerprint density at radius 3 is 1.82 bits per heavy atom. The van der Waals surface area contributed by atoms with Gasteiger partial charge in [0.15, 0.2) is 5.82 Å². The summed E-state index contributed by atoms with van der Waals surface area (Å²) in [6.45, 7) is 0. The number of nitrogens with zero attached hydrogens (tertiary/aromatic N) is 3. The van der Waals surface area contributed by atoms with E-state index in [4.69, 9.17) is 14.4 Å². The van der Waals surface area contributed by atoms with E-state index in [0.29, 0.717) is 5.82 Å². The van der Waals surface area contributed by atoms with Crippen molar-refractivity contribution in [2.45, 2.75) is 0 Å². The smallest absolute Gasteiger partial charge is 0.161 e. The lowest BCUT2D eigenvalue weighted by molar-refractivity contribution is 0.664. The van der Waals surface area contributed by atoms with Crippen molar-refractivity contribution in [2.75, 3.05) is 0 Å². The summed E-state index contributed by atoms with van der Waals surface area (Å²) in [7, 11) is 0. The molecule has 4 nitrogen and oxygen atoms in total. The van der Waals surface area contributed by atoms with Crippen molar-refractivity contribution in [3.05, 3.63) is 164 Å². The highest BCUT2D eigenvalue weighted by Gasteiger charge is 2.23. The van der Waals surface area contributed by atoms with Crippen molar-refractivity contribution in [1.82, 2.24) is 14.5 Å². The molecule has 0 aliphatic heterocycles. The van der Waals surface area contributed by atoms with Gasteiger partial charge in [0, 0.05) is 63.6 Å². The zero-order valence-electron chi connectivity index (χ0n) is 29.2. The minimum atomic E-state index is 0.716. The van der Waals surface area contributed by atoms with E-state index in [0.717, 1.165) is 77.2 Å². The highest BCUT2D eigenvalue weighted by molar-refractivity contribution is 7.25. The van der Waals surface area contributed by atoms with Crippen LogP contribution in [-0.4, -0.2) is 14.5 Å². The lowest BCUT2D eigenvalue weighted by Gasteiger charge is -2.16. The molecular weight excluding hydrogens is 691 g/mol. The second-order valence-electron chi connectivity index (χ2n) is 14.4. The van der Waals surface area contributed by atoms with Crippen LogP contribution in [0.3, 0.4) is 0 Å². The topological polar surface area (TPSA) is 43.9 Å². The van der Waals surface area contributed by atoms with Crippen LogP contribution in [-0.2, 0) is 0 Å². The van der Waals surface area contributed by atoms with Crippen LogP contribution in [0.2, 0.25) is 0 Å². The third kappa shape index (κ3) is 3.94. The van der Waals surface area contributed by atoms with E-state index in [-0.39, 0.29) is 0 Å². The maximum Gasteiger partial charge on any atom is 0.161 e. The molecule has 0 N–H and O–H groups in total. The summed E-state index contributed by atoms with van der Waals surface area (Å²) in [4.78, 5) is 10.7. The first kappa shape index (κ1) is 29.4. The molecule has 0 saturated carbocycles. The highest BCUT2D eigenvalue weighted by Crippen LogP contribution is 2.46. The fourth-order valence-electron chi connectivity index (χ4n) is 9.27. The number of hydrogen-bond acceptors (Lipinski definition) is 4. The molecule has 0 bridgehead atoms. The predicted octanol–water partition coefficient (Wildman–Crippen LogP) is 14.1. The Kier molecular flexibility index (Phi) is 5.74. The van der Waals surface area contributed by atoms with Crippen molar-refractivity contribution in [3.63, 3.8) is 0 Å². The molecule has 0 saturated heterocycles. The van der Waals surface area contributed by atoms with Crippen molar-refractivity contribution < 1.29 is 4.42 Å². The zero-order valence-corrected chi connectivity index (χ0v) is 30.1. The summed E-state index contributed by atoms with van der Waals surface area (Å²) in [6, 6.07) is 58.6. The first-order valence-corrected chi connectivity index (χ1v) is 19.4. The third-order valence-electron chi connectivity index (χ3n) is 11.6. The summed E-state index contributed by atoms with van der Waals surface area (Å²) in [5, 5.41) is 12.9. The van der Waals surface area contributed by atoms with Crippen LogP contribution < -0.4 is 0 Å². The van der Waals surface area contributed by atoms with Crippen LogP contribution in [0.15, 0.2) is 168 Å². The SMILES string of the molecule is c1ccc2c(-c3cccc4sc5ccccc5c34)nc(-c3ccc(-n4c5ccc6cccc7oc8cccc9ccc4c(c98)c5c67)c4ccccc34)nc2c1. The van der Waals surface area contributed by atoms with Gasteiger partial charge in [-0.2, -0.15) is 0 Å². The number of rotatable bonds is 3. The minimum absolute atomic E-state index is 0.716. The molecule has 0 unspecified atom stereocenters. The largest absolute Gasteiger partial charge is 0.456 e. The Bertz CT molecular complexity index is 3630. The second-order valence-corrected chi connectivity index (χ2v) is 15.5. The van der Waals surface area contributed by atoms with E-state index >= 15 is 0 Å². The van der Waals surface area contributed by atoms with Crippen LogP contribution in [0.4, 0.5) is 0 Å². The van der Waals surface area contributed by atoms with E-state index in [2.05, 4.69) is 168 Å². The van der Waals surface area contributed by atoms with Gasteiger partial charge in [0.25, 0.3) is 0 Å². The molecule has 0 aliphatic rings. The lowest BCUT2D eigenvalue weighted by atomic mass is 9.99. The van der Waals surface area contributed by atoms with Gasteiger partial charge < -0.3 is 8.98 Å². The number of aromatic nitrogens is 3. The summed E-state index contributed by atoms with van der Waals surface area (Å²) in [5.74, 6) is 0.716. The van der Waals surface area contributed by atoms with Crippen molar-refractivity contribution in [3.8, 4) is 28.3 Å². The highest BCUT2D eigenvalue weighted by atomic mass is 32.1. The fourth-order valence-corrected chi connectivity index (χ4v) is 10.4. The van der Waals surface area contributed by atoms with E-state index in [1.54, 1.807) is 0 Å². The van der Waals surface area contributed by atoms with Crippen LogP contribution in [0.5, 0.6) is 0 Å². The maximum absolute atomic E-state index is 6.69. The minimum Gasteiger partial charge on any atom is -0.456 e. The molecule has 0 spiro atoms. The van der Waals surface area contributed by atoms with Gasteiger partial charge in [0.05, 0.1) is 27.9 Å². The number of hydrogen-bond donors (Lipinski definition) is 0. The van der Waals surface area contributed by atoms with Crippen molar-refractivity contribution >= 4 is 108 Å². The van der Waals surface area contributed by atoms with Crippen LogP contribution in [0, 0.1) is 0 Å². The zero-order chi connectivity index (χ0) is 35.8. The quantitative estimate of drug-likeness (QED) is 0.183. The molecule has 0 fully saturated rings. The standard InChI is InChI=1S/C50H27N3OS/c1-2-13-31-30(12-1)32(50-51-36-17-5-3-14-33(36)49(52-50)35-16-9-21-43-46(35)34-15-4-6-20-42(34)55-43)24-27-37(31)53-38-25-22-28-10-7-18-40-44(28)47(38)48-39(53)26-23-29-11-8-19-41(54-40)45(29)48/h1-27H.